The standard InChI is InChI=1S/C21H24O4/c1-5-23-19(22)20-24-17-9-7-6-8-14(17)12-15-10-11-16(21(2,3)4)13-18(15)25-20/h6-11,13,20H,5,12H2,1-4H3. The molecule has 1 aliphatic rings. The average molecular weight is 340 g/mol. The van der Waals surface area contributed by atoms with E-state index in [-0.39, 0.29) is 12.0 Å². The summed E-state index contributed by atoms with van der Waals surface area (Å²) in [4.78, 5) is 12.3. The van der Waals surface area contributed by atoms with Gasteiger partial charge in [0.05, 0.1) is 6.61 Å². The van der Waals surface area contributed by atoms with E-state index < -0.39 is 12.3 Å². The molecule has 0 fully saturated rings. The first-order chi connectivity index (χ1) is 11.9. The number of para-hydroxylation sites is 1. The minimum atomic E-state index is -1.12. The molecule has 0 saturated heterocycles. The normalized spacial score (nSPS) is 16.4. The van der Waals surface area contributed by atoms with Gasteiger partial charge < -0.3 is 14.2 Å². The highest BCUT2D eigenvalue weighted by molar-refractivity contribution is 5.74. The number of fused-ring (bicyclic) bond motifs is 2. The SMILES string of the molecule is CCOC(=O)C1Oc2ccccc2Cc2ccc(C(C)(C)C)cc2O1. The molecule has 2 aromatic carbocycles. The van der Waals surface area contributed by atoms with Gasteiger partial charge in [-0.25, -0.2) is 4.79 Å². The lowest BCUT2D eigenvalue weighted by molar-refractivity contribution is -0.165. The van der Waals surface area contributed by atoms with Gasteiger partial charge in [-0.3, -0.25) is 0 Å². The van der Waals surface area contributed by atoms with Gasteiger partial charge in [0.15, 0.2) is 0 Å². The van der Waals surface area contributed by atoms with Crippen LogP contribution in [0.4, 0.5) is 0 Å². The number of carbonyl (C=O) groups is 1. The molecule has 0 amide bonds. The van der Waals surface area contributed by atoms with Gasteiger partial charge in [-0.1, -0.05) is 51.1 Å². The number of esters is 1. The van der Waals surface area contributed by atoms with Crippen LogP contribution < -0.4 is 9.47 Å². The first kappa shape index (κ1) is 17.3. The topological polar surface area (TPSA) is 44.8 Å². The average Bonchev–Trinajstić information content (AvgIpc) is 2.54. The lowest BCUT2D eigenvalue weighted by Gasteiger charge is -2.27. The Labute approximate surface area is 148 Å². The Balaban J connectivity index is 2.06. The van der Waals surface area contributed by atoms with Crippen LogP contribution in [0.2, 0.25) is 0 Å². The van der Waals surface area contributed by atoms with Crippen LogP contribution in [-0.4, -0.2) is 18.9 Å². The molecule has 1 heterocycles. The molecule has 0 aromatic heterocycles. The van der Waals surface area contributed by atoms with Gasteiger partial charge in [0.25, 0.3) is 0 Å². The summed E-state index contributed by atoms with van der Waals surface area (Å²) in [7, 11) is 0. The molecule has 1 aliphatic heterocycles. The maximum absolute atomic E-state index is 12.3. The Morgan fingerprint density at radius 1 is 1.08 bits per heavy atom. The highest BCUT2D eigenvalue weighted by Crippen LogP contribution is 2.34. The summed E-state index contributed by atoms with van der Waals surface area (Å²) in [6, 6.07) is 13.9. The van der Waals surface area contributed by atoms with Crippen molar-refractivity contribution in [1.29, 1.82) is 0 Å². The summed E-state index contributed by atoms with van der Waals surface area (Å²) < 4.78 is 16.9. The van der Waals surface area contributed by atoms with Crippen LogP contribution in [0.25, 0.3) is 0 Å². The fourth-order valence-corrected chi connectivity index (χ4v) is 2.81. The van der Waals surface area contributed by atoms with Crippen LogP contribution in [0.1, 0.15) is 44.4 Å². The number of ether oxygens (including phenoxy) is 3. The Bertz CT molecular complexity index is 774. The van der Waals surface area contributed by atoms with Crippen LogP contribution in [0.5, 0.6) is 11.5 Å². The summed E-state index contributed by atoms with van der Waals surface area (Å²) >= 11 is 0. The second-order valence-electron chi connectivity index (χ2n) is 7.18. The molecule has 1 unspecified atom stereocenters. The van der Waals surface area contributed by atoms with Crippen LogP contribution in [0.15, 0.2) is 42.5 Å². The Kier molecular flexibility index (Phi) is 4.71. The van der Waals surface area contributed by atoms with Crippen molar-refractivity contribution in [2.75, 3.05) is 6.61 Å². The van der Waals surface area contributed by atoms with Crippen molar-refractivity contribution in [3.05, 3.63) is 59.2 Å². The van der Waals surface area contributed by atoms with Crippen molar-refractivity contribution in [3.63, 3.8) is 0 Å². The van der Waals surface area contributed by atoms with Crippen LogP contribution >= 0.6 is 0 Å². The molecule has 1 atom stereocenters. The quantitative estimate of drug-likeness (QED) is 0.767. The first-order valence-corrected chi connectivity index (χ1v) is 8.59. The van der Waals surface area contributed by atoms with Gasteiger partial charge in [0.1, 0.15) is 11.5 Å². The number of rotatable bonds is 2. The lowest BCUT2D eigenvalue weighted by Crippen LogP contribution is -2.36. The number of hydrogen-bond donors (Lipinski definition) is 0. The van der Waals surface area contributed by atoms with E-state index in [1.807, 2.05) is 30.3 Å². The van der Waals surface area contributed by atoms with Crippen molar-refractivity contribution in [1.82, 2.24) is 0 Å². The van der Waals surface area contributed by atoms with Crippen molar-refractivity contribution in [3.8, 4) is 11.5 Å². The first-order valence-electron chi connectivity index (χ1n) is 8.59. The molecule has 0 aliphatic carbocycles. The molecular formula is C21H24O4. The fraction of sp³-hybridized carbons (Fsp3) is 0.381. The summed E-state index contributed by atoms with van der Waals surface area (Å²) in [6.07, 6.45) is -0.429. The molecule has 2 aromatic rings. The maximum atomic E-state index is 12.3. The molecule has 25 heavy (non-hydrogen) atoms. The fourth-order valence-electron chi connectivity index (χ4n) is 2.81. The monoisotopic (exact) mass is 340 g/mol. The smallest absolute Gasteiger partial charge is 0.389 e. The second-order valence-corrected chi connectivity index (χ2v) is 7.18. The second kappa shape index (κ2) is 6.79. The van der Waals surface area contributed by atoms with Gasteiger partial charge in [-0.05, 0) is 41.2 Å². The van der Waals surface area contributed by atoms with Gasteiger partial charge in [0.2, 0.25) is 0 Å². The van der Waals surface area contributed by atoms with Crippen molar-refractivity contribution >= 4 is 5.97 Å². The largest absolute Gasteiger partial charge is 0.460 e. The number of carbonyl (C=O) groups excluding carboxylic acids is 1. The molecule has 4 nitrogen and oxygen atoms in total. The summed E-state index contributed by atoms with van der Waals surface area (Å²) in [6.45, 7) is 8.48. The minimum Gasteiger partial charge on any atom is -0.460 e. The van der Waals surface area contributed by atoms with Gasteiger partial charge in [-0.15, -0.1) is 0 Å². The maximum Gasteiger partial charge on any atom is 0.389 e. The highest BCUT2D eigenvalue weighted by atomic mass is 16.7. The molecule has 0 radical (unpaired) electrons. The van der Waals surface area contributed by atoms with Crippen LogP contribution in [-0.2, 0) is 21.4 Å². The van der Waals surface area contributed by atoms with Crippen LogP contribution in [0, 0.1) is 0 Å². The third-order valence-electron chi connectivity index (χ3n) is 4.23. The molecular weight excluding hydrogens is 316 g/mol. The molecule has 0 saturated carbocycles. The van der Waals surface area contributed by atoms with E-state index in [0.29, 0.717) is 17.9 Å². The predicted molar refractivity (Wildman–Crippen MR) is 96.1 cm³/mol. The summed E-state index contributed by atoms with van der Waals surface area (Å²) in [5.41, 5.74) is 3.17. The third kappa shape index (κ3) is 3.78. The molecule has 3 rings (SSSR count). The third-order valence-corrected chi connectivity index (χ3v) is 4.23. The van der Waals surface area contributed by atoms with Gasteiger partial charge in [-0.2, -0.15) is 0 Å². The number of hydrogen-bond acceptors (Lipinski definition) is 4. The molecule has 4 heteroatoms. The zero-order chi connectivity index (χ0) is 18.0. The molecule has 132 valence electrons. The van der Waals surface area contributed by atoms with E-state index in [1.54, 1.807) is 6.92 Å². The van der Waals surface area contributed by atoms with Crippen molar-refractivity contribution < 1.29 is 19.0 Å². The Hall–Kier alpha value is -2.49. The van der Waals surface area contributed by atoms with Crippen LogP contribution in [0.3, 0.4) is 0 Å². The lowest BCUT2D eigenvalue weighted by atomic mass is 9.86. The van der Waals surface area contributed by atoms with E-state index in [0.717, 1.165) is 16.7 Å². The van der Waals surface area contributed by atoms with E-state index in [1.165, 1.54) is 0 Å². The number of benzene rings is 2. The zero-order valence-corrected chi connectivity index (χ0v) is 15.2. The van der Waals surface area contributed by atoms with Gasteiger partial charge in [0, 0.05) is 6.42 Å². The Morgan fingerprint density at radius 3 is 2.48 bits per heavy atom. The molecule has 0 bridgehead atoms. The zero-order valence-electron chi connectivity index (χ0n) is 15.2. The van der Waals surface area contributed by atoms with E-state index in [9.17, 15) is 4.79 Å². The van der Waals surface area contributed by atoms with E-state index in [4.69, 9.17) is 14.2 Å². The van der Waals surface area contributed by atoms with E-state index in [2.05, 4.69) is 32.9 Å². The summed E-state index contributed by atoms with van der Waals surface area (Å²) in [5, 5.41) is 0. The highest BCUT2D eigenvalue weighted by Gasteiger charge is 2.29. The molecule has 0 spiro atoms. The van der Waals surface area contributed by atoms with E-state index >= 15 is 0 Å². The van der Waals surface area contributed by atoms with Crippen molar-refractivity contribution in [2.24, 2.45) is 0 Å². The predicted octanol–water partition coefficient (Wildman–Crippen LogP) is 4.24. The van der Waals surface area contributed by atoms with Gasteiger partial charge >= 0.3 is 12.3 Å². The Morgan fingerprint density at radius 2 is 1.76 bits per heavy atom. The minimum absolute atomic E-state index is 0.0149. The van der Waals surface area contributed by atoms with Crippen molar-refractivity contribution in [2.45, 2.75) is 45.8 Å². The summed E-state index contributed by atoms with van der Waals surface area (Å²) in [5.74, 6) is 0.789. The molecule has 0 N–H and O–H groups in total.